The SMILES string of the molecule is Cc1ccc2c(-c3cc4ccccc4c4ccccc34)c3cc4c(cc3c(-c3cc5ccccc5c5ccccc35)c2c1)C(C)(C)c1ccccc1-4.Nc1ccccc1S. The number of nitrogens with two attached hydrogens (primary N) is 1. The lowest BCUT2D eigenvalue weighted by atomic mass is 9.78. The monoisotopic (exact) mass is 785 g/mol. The van der Waals surface area contributed by atoms with Crippen LogP contribution >= 0.6 is 12.6 Å². The minimum absolute atomic E-state index is 0.125. The first-order chi connectivity index (χ1) is 29.3. The molecule has 0 radical (unpaired) electrons. The van der Waals surface area contributed by atoms with E-state index in [4.69, 9.17) is 5.73 Å². The first-order valence-corrected chi connectivity index (χ1v) is 21.2. The molecule has 11 aromatic rings. The molecule has 0 saturated heterocycles. The van der Waals surface area contributed by atoms with Crippen LogP contribution in [0.1, 0.15) is 30.5 Å². The second-order valence-corrected chi connectivity index (χ2v) is 17.3. The molecule has 286 valence electrons. The summed E-state index contributed by atoms with van der Waals surface area (Å²) in [6.07, 6.45) is 0. The molecule has 12 rings (SSSR count). The Morgan fingerprint density at radius 3 is 1.45 bits per heavy atom. The number of rotatable bonds is 2. The molecule has 0 aliphatic heterocycles. The van der Waals surface area contributed by atoms with Crippen LogP contribution in [0.15, 0.2) is 193 Å². The van der Waals surface area contributed by atoms with E-state index < -0.39 is 0 Å². The molecule has 0 saturated carbocycles. The van der Waals surface area contributed by atoms with Crippen molar-refractivity contribution in [3.8, 4) is 33.4 Å². The molecule has 1 aliphatic carbocycles. The fourth-order valence-electron chi connectivity index (χ4n) is 10.1. The Kier molecular flexibility index (Phi) is 8.37. The largest absolute Gasteiger partial charge is 0.398 e. The van der Waals surface area contributed by atoms with E-state index in [1.54, 1.807) is 0 Å². The standard InChI is InChI=1S/C52H36.C6H7NS/c1-31-24-25-41-43(26-31)51(45-28-33-15-5-7-17-35(33)37-19-9-11-21-39(37)45)47-30-49-42(40-22-12-13-23-48(40)52(49,2)3)29-46(47)50(41)44-27-32-14-4-6-16-34(32)36-18-8-10-20-38(36)44;7-5-3-1-2-4-6(5)8/h4-30H,1-3H3;1-4,8H,7H2. The van der Waals surface area contributed by atoms with Crippen LogP contribution in [0.2, 0.25) is 0 Å². The van der Waals surface area contributed by atoms with E-state index in [9.17, 15) is 0 Å². The number of benzene rings is 11. The summed E-state index contributed by atoms with van der Waals surface area (Å²) in [6.45, 7) is 7.04. The summed E-state index contributed by atoms with van der Waals surface area (Å²) in [7, 11) is 0. The van der Waals surface area contributed by atoms with Crippen molar-refractivity contribution < 1.29 is 0 Å². The van der Waals surface area contributed by atoms with Gasteiger partial charge in [0.15, 0.2) is 0 Å². The minimum Gasteiger partial charge on any atom is -0.398 e. The number of aryl methyl sites for hydroxylation is 1. The van der Waals surface area contributed by atoms with Crippen molar-refractivity contribution in [3.63, 3.8) is 0 Å². The Morgan fingerprint density at radius 1 is 0.367 bits per heavy atom. The summed E-state index contributed by atoms with van der Waals surface area (Å²) in [4.78, 5) is 0.840. The van der Waals surface area contributed by atoms with Crippen LogP contribution in [0.25, 0.3) is 98.0 Å². The molecule has 0 aromatic heterocycles. The van der Waals surface area contributed by atoms with Gasteiger partial charge in [0.05, 0.1) is 0 Å². The Bertz CT molecular complexity index is 3540. The van der Waals surface area contributed by atoms with E-state index in [2.05, 4.69) is 197 Å². The fourth-order valence-corrected chi connectivity index (χ4v) is 10.3. The highest BCUT2D eigenvalue weighted by atomic mass is 32.1. The summed E-state index contributed by atoms with van der Waals surface area (Å²) in [5.74, 6) is 0. The lowest BCUT2D eigenvalue weighted by Crippen LogP contribution is -2.14. The van der Waals surface area contributed by atoms with E-state index in [0.29, 0.717) is 0 Å². The fraction of sp³-hybridized carbons (Fsp3) is 0.0690. The Labute approximate surface area is 356 Å². The molecule has 0 atom stereocenters. The molecule has 0 amide bonds. The van der Waals surface area contributed by atoms with Gasteiger partial charge in [-0.15, -0.1) is 12.6 Å². The van der Waals surface area contributed by atoms with Gasteiger partial charge in [0.25, 0.3) is 0 Å². The van der Waals surface area contributed by atoms with Gasteiger partial charge in [-0.25, -0.2) is 0 Å². The van der Waals surface area contributed by atoms with E-state index >= 15 is 0 Å². The van der Waals surface area contributed by atoms with Crippen molar-refractivity contribution in [2.75, 3.05) is 5.73 Å². The molecule has 11 aromatic carbocycles. The molecule has 1 aliphatic rings. The highest BCUT2D eigenvalue weighted by Gasteiger charge is 2.36. The molecular formula is C58H43NS. The predicted octanol–water partition coefficient (Wildman–Crippen LogP) is 16.1. The first-order valence-electron chi connectivity index (χ1n) is 20.8. The Balaban J connectivity index is 0.000000461. The number of hydrogen-bond donors (Lipinski definition) is 2. The number of hydrogen-bond acceptors (Lipinski definition) is 2. The van der Waals surface area contributed by atoms with Gasteiger partial charge in [0, 0.05) is 16.0 Å². The van der Waals surface area contributed by atoms with Crippen LogP contribution < -0.4 is 5.73 Å². The van der Waals surface area contributed by atoms with Gasteiger partial charge in [0.2, 0.25) is 0 Å². The van der Waals surface area contributed by atoms with E-state index in [0.717, 1.165) is 10.6 Å². The maximum absolute atomic E-state index is 5.44. The second kappa shape index (κ2) is 13.9. The zero-order chi connectivity index (χ0) is 40.7. The average Bonchev–Trinajstić information content (AvgIpc) is 3.50. The van der Waals surface area contributed by atoms with Crippen molar-refractivity contribution in [1.82, 2.24) is 0 Å². The lowest BCUT2D eigenvalue weighted by Gasteiger charge is -2.25. The van der Waals surface area contributed by atoms with Crippen LogP contribution in [0.4, 0.5) is 5.69 Å². The van der Waals surface area contributed by atoms with Gasteiger partial charge in [-0.05, 0) is 152 Å². The van der Waals surface area contributed by atoms with Gasteiger partial charge in [-0.2, -0.15) is 0 Å². The first kappa shape index (κ1) is 36.2. The van der Waals surface area contributed by atoms with Crippen LogP contribution in [-0.4, -0.2) is 0 Å². The zero-order valence-electron chi connectivity index (χ0n) is 33.9. The molecule has 0 bridgehead atoms. The molecule has 0 fully saturated rings. The average molecular weight is 786 g/mol. The maximum Gasteiger partial charge on any atom is 0.0449 e. The van der Waals surface area contributed by atoms with Gasteiger partial charge in [-0.3, -0.25) is 0 Å². The second-order valence-electron chi connectivity index (χ2n) is 16.9. The summed E-state index contributed by atoms with van der Waals surface area (Å²) in [6, 6.07) is 69.4. The van der Waals surface area contributed by atoms with Gasteiger partial charge >= 0.3 is 0 Å². The number of thiol groups is 1. The minimum atomic E-state index is -0.125. The highest BCUT2D eigenvalue weighted by molar-refractivity contribution is 7.80. The van der Waals surface area contributed by atoms with E-state index in [1.807, 2.05) is 24.3 Å². The summed E-state index contributed by atoms with van der Waals surface area (Å²) < 4.78 is 0. The third kappa shape index (κ3) is 5.55. The van der Waals surface area contributed by atoms with Crippen molar-refractivity contribution in [2.45, 2.75) is 31.1 Å². The quantitative estimate of drug-likeness (QED) is 0.0776. The van der Waals surface area contributed by atoms with Crippen molar-refractivity contribution in [3.05, 3.63) is 205 Å². The molecular weight excluding hydrogens is 743 g/mol. The number of anilines is 1. The van der Waals surface area contributed by atoms with Crippen molar-refractivity contribution in [2.24, 2.45) is 0 Å². The Hall–Kier alpha value is -6.87. The van der Waals surface area contributed by atoms with E-state index in [1.165, 1.54) is 115 Å². The van der Waals surface area contributed by atoms with E-state index in [-0.39, 0.29) is 5.41 Å². The molecule has 0 unspecified atom stereocenters. The highest BCUT2D eigenvalue weighted by Crippen LogP contribution is 2.54. The van der Waals surface area contributed by atoms with Gasteiger partial charge in [-0.1, -0.05) is 171 Å². The molecule has 0 heterocycles. The van der Waals surface area contributed by atoms with Crippen LogP contribution in [0.5, 0.6) is 0 Å². The molecule has 60 heavy (non-hydrogen) atoms. The van der Waals surface area contributed by atoms with Gasteiger partial charge < -0.3 is 5.73 Å². The van der Waals surface area contributed by atoms with Crippen LogP contribution in [0.3, 0.4) is 0 Å². The lowest BCUT2D eigenvalue weighted by molar-refractivity contribution is 0.661. The number of fused-ring (bicyclic) bond motifs is 11. The van der Waals surface area contributed by atoms with Crippen molar-refractivity contribution >= 4 is 83.0 Å². The number of para-hydroxylation sites is 1. The molecule has 0 spiro atoms. The van der Waals surface area contributed by atoms with Crippen LogP contribution in [0, 0.1) is 6.92 Å². The zero-order valence-corrected chi connectivity index (χ0v) is 34.8. The molecule has 2 heteroatoms. The normalized spacial score (nSPS) is 12.9. The van der Waals surface area contributed by atoms with Crippen molar-refractivity contribution in [1.29, 1.82) is 0 Å². The summed E-state index contributed by atoms with van der Waals surface area (Å²) in [5, 5.41) is 15.5. The maximum atomic E-state index is 5.44. The molecule has 2 N–H and O–H groups in total. The summed E-state index contributed by atoms with van der Waals surface area (Å²) >= 11 is 4.07. The predicted molar refractivity (Wildman–Crippen MR) is 263 cm³/mol. The molecule has 1 nitrogen and oxygen atoms in total. The Morgan fingerprint density at radius 2 is 0.850 bits per heavy atom. The smallest absolute Gasteiger partial charge is 0.0449 e. The third-order valence-corrected chi connectivity index (χ3v) is 13.4. The number of nitrogen functional groups attached to an aromatic ring is 1. The van der Waals surface area contributed by atoms with Gasteiger partial charge in [0.1, 0.15) is 0 Å². The van der Waals surface area contributed by atoms with Crippen LogP contribution in [-0.2, 0) is 5.41 Å². The summed E-state index contributed by atoms with van der Waals surface area (Å²) in [5.41, 5.74) is 18.0. The topological polar surface area (TPSA) is 26.0 Å². The third-order valence-electron chi connectivity index (χ3n) is 13.0.